The lowest BCUT2D eigenvalue weighted by Crippen LogP contribution is -2.37. The third-order valence-electron chi connectivity index (χ3n) is 6.80. The van der Waals surface area contributed by atoms with E-state index in [0.717, 1.165) is 0 Å². The van der Waals surface area contributed by atoms with Crippen LogP contribution in [0.15, 0.2) is 18.2 Å². The maximum Gasteiger partial charge on any atom is 0.514 e. The molecule has 11 heteroatoms. The monoisotopic (exact) mass is 581 g/mol. The van der Waals surface area contributed by atoms with E-state index in [1.807, 2.05) is 34.6 Å². The van der Waals surface area contributed by atoms with Crippen molar-refractivity contribution in [3.05, 3.63) is 23.8 Å². The molecule has 1 aromatic rings. The van der Waals surface area contributed by atoms with Crippen LogP contribution in [0.3, 0.4) is 0 Å². The maximum absolute atomic E-state index is 12.5. The SMILES string of the molecule is CCC(C)(C)C(=O)O[C@@H](C)COC(=O)[C@@H](N)Cc1ccc(OC(=O)OC(C)C(C)C)c(OC(=O)OC(C)C(C)C)c1. The second-order valence-corrected chi connectivity index (χ2v) is 11.5. The van der Waals surface area contributed by atoms with E-state index in [1.165, 1.54) is 12.1 Å². The van der Waals surface area contributed by atoms with Crippen molar-refractivity contribution in [2.75, 3.05) is 6.61 Å². The number of nitrogens with two attached hydrogens (primary N) is 1. The molecule has 1 aromatic carbocycles. The van der Waals surface area contributed by atoms with Gasteiger partial charge in [-0.25, -0.2) is 9.59 Å². The minimum absolute atomic E-state index is 0.0127. The van der Waals surface area contributed by atoms with E-state index in [0.29, 0.717) is 12.0 Å². The van der Waals surface area contributed by atoms with Gasteiger partial charge in [0, 0.05) is 0 Å². The van der Waals surface area contributed by atoms with Crippen molar-refractivity contribution in [1.29, 1.82) is 0 Å². The molecule has 0 saturated heterocycles. The molecule has 232 valence electrons. The molecule has 0 amide bonds. The third-order valence-corrected chi connectivity index (χ3v) is 6.80. The quantitative estimate of drug-likeness (QED) is 0.166. The number of hydrogen-bond donors (Lipinski definition) is 1. The van der Waals surface area contributed by atoms with E-state index in [4.69, 9.17) is 34.2 Å². The van der Waals surface area contributed by atoms with Crippen molar-refractivity contribution >= 4 is 24.2 Å². The molecule has 0 bridgehead atoms. The maximum atomic E-state index is 12.5. The van der Waals surface area contributed by atoms with Crippen molar-refractivity contribution < 1.29 is 47.6 Å². The number of carbonyl (C=O) groups excluding carboxylic acids is 4. The topological polar surface area (TPSA) is 150 Å². The van der Waals surface area contributed by atoms with Crippen molar-refractivity contribution in [1.82, 2.24) is 0 Å². The largest absolute Gasteiger partial charge is 0.514 e. The normalized spacial score (nSPS) is 14.5. The zero-order valence-corrected chi connectivity index (χ0v) is 26.0. The van der Waals surface area contributed by atoms with Gasteiger partial charge in [0.25, 0.3) is 0 Å². The number of benzene rings is 1. The molecule has 41 heavy (non-hydrogen) atoms. The van der Waals surface area contributed by atoms with Crippen LogP contribution in [0.5, 0.6) is 11.5 Å². The standard InChI is InChI=1S/C30H47NO10/c1-11-30(9,10)27(33)37-19(6)16-36-26(32)23(31)14-22-12-13-24(40-28(34)38-20(7)17(2)3)25(15-22)41-29(35)39-21(8)18(4)5/h12-13,15,17-21,23H,11,14,16,31H2,1-10H3/t19-,20?,21?,23-/m0/s1. The predicted octanol–water partition coefficient (Wildman–Crippen LogP) is 5.59. The summed E-state index contributed by atoms with van der Waals surface area (Å²) in [5, 5.41) is 0. The second-order valence-electron chi connectivity index (χ2n) is 11.5. The lowest BCUT2D eigenvalue weighted by molar-refractivity contribution is -0.166. The average molecular weight is 582 g/mol. The Morgan fingerprint density at radius 3 is 1.80 bits per heavy atom. The molecular formula is C30H47NO10. The minimum atomic E-state index is -1.07. The molecule has 11 nitrogen and oxygen atoms in total. The summed E-state index contributed by atoms with van der Waals surface area (Å²) in [7, 11) is 0. The molecule has 4 atom stereocenters. The molecule has 0 spiro atoms. The molecule has 0 aliphatic heterocycles. The summed E-state index contributed by atoms with van der Waals surface area (Å²) in [5.74, 6) is -1.17. The Kier molecular flexibility index (Phi) is 14.1. The molecule has 0 heterocycles. The number of ether oxygens (including phenoxy) is 6. The highest BCUT2D eigenvalue weighted by molar-refractivity contribution is 5.77. The van der Waals surface area contributed by atoms with E-state index in [2.05, 4.69) is 0 Å². The fourth-order valence-electron chi connectivity index (χ4n) is 2.81. The van der Waals surface area contributed by atoms with Crippen LogP contribution in [0.1, 0.15) is 81.2 Å². The Bertz CT molecular complexity index is 1040. The van der Waals surface area contributed by atoms with Gasteiger partial charge in [-0.15, -0.1) is 0 Å². The van der Waals surface area contributed by atoms with Gasteiger partial charge in [0.1, 0.15) is 31.0 Å². The predicted molar refractivity (Wildman–Crippen MR) is 152 cm³/mol. The first-order valence-corrected chi connectivity index (χ1v) is 14.0. The van der Waals surface area contributed by atoms with Crippen molar-refractivity contribution in [2.24, 2.45) is 23.0 Å². The van der Waals surface area contributed by atoms with E-state index >= 15 is 0 Å². The van der Waals surface area contributed by atoms with E-state index in [-0.39, 0.29) is 42.3 Å². The molecular weight excluding hydrogens is 534 g/mol. The van der Waals surface area contributed by atoms with Gasteiger partial charge in [-0.05, 0) is 77.0 Å². The summed E-state index contributed by atoms with van der Waals surface area (Å²) < 4.78 is 31.8. The van der Waals surface area contributed by atoms with Crippen LogP contribution < -0.4 is 15.2 Å². The number of rotatable bonds is 14. The van der Waals surface area contributed by atoms with Crippen LogP contribution in [0, 0.1) is 17.3 Å². The Balaban J connectivity index is 2.96. The van der Waals surface area contributed by atoms with Gasteiger partial charge in [-0.3, -0.25) is 9.59 Å². The first-order chi connectivity index (χ1) is 19.0. The van der Waals surface area contributed by atoms with Gasteiger partial charge in [-0.1, -0.05) is 40.7 Å². The number of carbonyl (C=O) groups is 4. The van der Waals surface area contributed by atoms with Gasteiger partial charge < -0.3 is 34.2 Å². The number of hydrogen-bond acceptors (Lipinski definition) is 11. The first kappa shape index (κ1) is 35.7. The van der Waals surface area contributed by atoms with Crippen LogP contribution in [0.4, 0.5) is 9.59 Å². The van der Waals surface area contributed by atoms with E-state index in [1.54, 1.807) is 40.7 Å². The highest BCUT2D eigenvalue weighted by atomic mass is 16.8. The molecule has 0 saturated carbocycles. The summed E-state index contributed by atoms with van der Waals surface area (Å²) in [5.41, 5.74) is 5.91. The zero-order chi connectivity index (χ0) is 31.5. The van der Waals surface area contributed by atoms with Crippen LogP contribution >= 0.6 is 0 Å². The molecule has 2 unspecified atom stereocenters. The van der Waals surface area contributed by atoms with Gasteiger partial charge in [0.2, 0.25) is 0 Å². The Morgan fingerprint density at radius 1 is 0.805 bits per heavy atom. The minimum Gasteiger partial charge on any atom is -0.461 e. The second kappa shape index (κ2) is 16.2. The highest BCUT2D eigenvalue weighted by Crippen LogP contribution is 2.30. The summed E-state index contributed by atoms with van der Waals surface area (Å²) in [6.45, 7) is 17.9. The molecule has 0 fully saturated rings. The Labute approximate surface area is 243 Å². The lowest BCUT2D eigenvalue weighted by Gasteiger charge is -2.23. The van der Waals surface area contributed by atoms with Gasteiger partial charge in [0.05, 0.1) is 5.41 Å². The van der Waals surface area contributed by atoms with Crippen LogP contribution in [-0.4, -0.2) is 55.2 Å². The lowest BCUT2D eigenvalue weighted by atomic mass is 9.91. The Morgan fingerprint density at radius 2 is 1.32 bits per heavy atom. The van der Waals surface area contributed by atoms with E-state index < -0.39 is 48.0 Å². The van der Waals surface area contributed by atoms with Crippen molar-refractivity contribution in [3.8, 4) is 11.5 Å². The first-order valence-electron chi connectivity index (χ1n) is 14.0. The smallest absolute Gasteiger partial charge is 0.461 e. The number of esters is 2. The summed E-state index contributed by atoms with van der Waals surface area (Å²) in [6.07, 6.45) is -2.83. The molecule has 0 radical (unpaired) electrons. The summed E-state index contributed by atoms with van der Waals surface area (Å²) >= 11 is 0. The fourth-order valence-corrected chi connectivity index (χ4v) is 2.81. The third kappa shape index (κ3) is 12.4. The molecule has 0 aromatic heterocycles. The zero-order valence-electron chi connectivity index (χ0n) is 26.0. The van der Waals surface area contributed by atoms with E-state index in [9.17, 15) is 19.2 Å². The fraction of sp³-hybridized carbons (Fsp3) is 0.667. The van der Waals surface area contributed by atoms with Crippen LogP contribution in [-0.2, 0) is 35.0 Å². The molecule has 2 N–H and O–H groups in total. The van der Waals surface area contributed by atoms with Crippen molar-refractivity contribution in [3.63, 3.8) is 0 Å². The van der Waals surface area contributed by atoms with Crippen molar-refractivity contribution in [2.45, 2.75) is 106 Å². The van der Waals surface area contributed by atoms with Crippen LogP contribution in [0.25, 0.3) is 0 Å². The molecule has 0 aliphatic rings. The molecule has 1 rings (SSSR count). The average Bonchev–Trinajstić information content (AvgIpc) is 2.88. The highest BCUT2D eigenvalue weighted by Gasteiger charge is 2.29. The van der Waals surface area contributed by atoms with Gasteiger partial charge in [-0.2, -0.15) is 0 Å². The van der Waals surface area contributed by atoms with Gasteiger partial charge in [0.15, 0.2) is 11.5 Å². The van der Waals surface area contributed by atoms with Gasteiger partial charge >= 0.3 is 24.2 Å². The molecule has 0 aliphatic carbocycles. The Hall–Kier alpha value is -3.34. The van der Waals surface area contributed by atoms with Crippen LogP contribution in [0.2, 0.25) is 0 Å². The summed E-state index contributed by atoms with van der Waals surface area (Å²) in [6, 6.07) is 3.31. The summed E-state index contributed by atoms with van der Waals surface area (Å²) in [4.78, 5) is 49.5.